The molecular weight excluding hydrogens is 458 g/mol. The van der Waals surface area contributed by atoms with Crippen LogP contribution in [0.5, 0.6) is 5.75 Å². The molecule has 0 aliphatic heterocycles. The van der Waals surface area contributed by atoms with Crippen LogP contribution in [0.4, 0.5) is 5.69 Å². The summed E-state index contributed by atoms with van der Waals surface area (Å²) in [5.74, 6) is -0.0771. The molecule has 0 spiro atoms. The number of methoxy groups -OCH3 is 1. The van der Waals surface area contributed by atoms with E-state index in [1.54, 1.807) is 18.2 Å². The molecule has 0 saturated carbocycles. The van der Waals surface area contributed by atoms with Crippen molar-refractivity contribution in [3.63, 3.8) is 0 Å². The first-order valence-corrected chi connectivity index (χ1v) is 11.8. The van der Waals surface area contributed by atoms with E-state index in [2.05, 4.69) is 10.5 Å². The molecule has 0 atom stereocenters. The van der Waals surface area contributed by atoms with Gasteiger partial charge in [-0.25, -0.2) is 13.8 Å². The summed E-state index contributed by atoms with van der Waals surface area (Å²) in [6.07, 6.45) is 1.53. The lowest BCUT2D eigenvalue weighted by Gasteiger charge is -2.24. The number of aryl methyl sites for hydroxylation is 1. The van der Waals surface area contributed by atoms with Crippen LogP contribution < -0.4 is 14.5 Å². The molecule has 162 valence electrons. The first-order valence-electron chi connectivity index (χ1n) is 9.09. The summed E-state index contributed by atoms with van der Waals surface area (Å²) in [6, 6.07) is 14.1. The van der Waals surface area contributed by atoms with Gasteiger partial charge in [0.2, 0.25) is 0 Å². The third-order valence-corrected chi connectivity index (χ3v) is 7.28. The number of benzene rings is 2. The summed E-state index contributed by atoms with van der Waals surface area (Å²) in [5.41, 5.74) is 3.68. The fourth-order valence-electron chi connectivity index (χ4n) is 2.67. The quantitative estimate of drug-likeness (QED) is 0.391. The second kappa shape index (κ2) is 9.95. The highest BCUT2D eigenvalue weighted by Crippen LogP contribution is 2.27. The minimum absolute atomic E-state index is 0.0128. The Morgan fingerprint density at radius 1 is 1.23 bits per heavy atom. The topological polar surface area (TPSA) is 88.1 Å². The van der Waals surface area contributed by atoms with Crippen molar-refractivity contribution in [3.05, 3.63) is 75.4 Å². The average Bonchev–Trinajstić information content (AvgIpc) is 3.16. The van der Waals surface area contributed by atoms with E-state index in [9.17, 15) is 13.2 Å². The number of amides is 1. The molecule has 7 nitrogen and oxygen atoms in total. The molecule has 3 aromatic rings. The van der Waals surface area contributed by atoms with E-state index in [1.165, 1.54) is 55.0 Å². The molecule has 0 radical (unpaired) electrons. The van der Waals surface area contributed by atoms with Crippen LogP contribution in [-0.4, -0.2) is 34.2 Å². The molecule has 0 unspecified atom stereocenters. The van der Waals surface area contributed by atoms with Crippen molar-refractivity contribution < 1.29 is 17.9 Å². The maximum atomic E-state index is 13.3. The first-order chi connectivity index (χ1) is 14.8. The van der Waals surface area contributed by atoms with Gasteiger partial charge in [0.1, 0.15) is 12.3 Å². The largest absolute Gasteiger partial charge is 0.497 e. The summed E-state index contributed by atoms with van der Waals surface area (Å²) in [6.45, 7) is 1.46. The Hall–Kier alpha value is -2.88. The summed E-state index contributed by atoms with van der Waals surface area (Å²) in [4.78, 5) is 13.4. The van der Waals surface area contributed by atoms with Gasteiger partial charge < -0.3 is 4.74 Å². The number of rotatable bonds is 8. The third kappa shape index (κ3) is 5.63. The average molecular weight is 478 g/mol. The molecule has 0 fully saturated rings. The lowest BCUT2D eigenvalue weighted by molar-refractivity contribution is -0.119. The SMILES string of the molecule is COc1ccc(S(=O)(=O)N(CC(=O)N/N=C\c2sccc2C)c2cccc(Cl)c2)cc1. The number of ether oxygens (including phenoxy) is 1. The normalized spacial score (nSPS) is 11.5. The molecule has 1 N–H and O–H groups in total. The van der Waals surface area contributed by atoms with E-state index in [0.717, 1.165) is 14.7 Å². The summed E-state index contributed by atoms with van der Waals surface area (Å²) in [5, 5.41) is 6.20. The molecule has 3 rings (SSSR count). The van der Waals surface area contributed by atoms with Crippen LogP contribution in [0.3, 0.4) is 0 Å². The molecule has 0 aliphatic rings. The van der Waals surface area contributed by atoms with Gasteiger partial charge in [0, 0.05) is 9.90 Å². The van der Waals surface area contributed by atoms with E-state index in [0.29, 0.717) is 10.8 Å². The molecule has 0 aliphatic carbocycles. The van der Waals surface area contributed by atoms with Crippen LogP contribution in [0.1, 0.15) is 10.4 Å². The second-order valence-electron chi connectivity index (χ2n) is 6.43. The number of hydrogen-bond donors (Lipinski definition) is 1. The van der Waals surface area contributed by atoms with Crippen LogP contribution in [0.2, 0.25) is 5.02 Å². The molecular formula is C21H20ClN3O4S2. The highest BCUT2D eigenvalue weighted by Gasteiger charge is 2.27. The van der Waals surface area contributed by atoms with Crippen molar-refractivity contribution in [2.45, 2.75) is 11.8 Å². The third-order valence-electron chi connectivity index (χ3n) is 4.30. The van der Waals surface area contributed by atoms with Crippen molar-refractivity contribution in [1.82, 2.24) is 5.43 Å². The molecule has 10 heteroatoms. The lowest BCUT2D eigenvalue weighted by Crippen LogP contribution is -2.39. The smallest absolute Gasteiger partial charge is 0.264 e. The van der Waals surface area contributed by atoms with Crippen molar-refractivity contribution >= 4 is 50.8 Å². The van der Waals surface area contributed by atoms with E-state index in [-0.39, 0.29) is 10.6 Å². The van der Waals surface area contributed by atoms with Crippen LogP contribution >= 0.6 is 22.9 Å². The van der Waals surface area contributed by atoms with Crippen LogP contribution in [0.25, 0.3) is 0 Å². The van der Waals surface area contributed by atoms with Crippen molar-refractivity contribution in [1.29, 1.82) is 0 Å². The summed E-state index contributed by atoms with van der Waals surface area (Å²) < 4.78 is 32.7. The van der Waals surface area contributed by atoms with Gasteiger partial charge in [0.15, 0.2) is 0 Å². The number of thiophene rings is 1. The van der Waals surface area contributed by atoms with Gasteiger partial charge >= 0.3 is 0 Å². The van der Waals surface area contributed by atoms with E-state index in [1.807, 2.05) is 18.4 Å². The maximum Gasteiger partial charge on any atom is 0.264 e. The monoisotopic (exact) mass is 477 g/mol. The highest BCUT2D eigenvalue weighted by atomic mass is 35.5. The molecule has 1 amide bonds. The fraction of sp³-hybridized carbons (Fsp3) is 0.143. The minimum atomic E-state index is -4.06. The molecule has 2 aromatic carbocycles. The number of carbonyl (C=O) groups is 1. The zero-order chi connectivity index (χ0) is 22.4. The van der Waals surface area contributed by atoms with Gasteiger partial charge in [-0.3, -0.25) is 9.10 Å². The van der Waals surface area contributed by atoms with E-state index in [4.69, 9.17) is 16.3 Å². The van der Waals surface area contributed by atoms with Gasteiger partial charge in [-0.15, -0.1) is 11.3 Å². The Bertz CT molecular complexity index is 1190. The van der Waals surface area contributed by atoms with Crippen molar-refractivity contribution in [2.24, 2.45) is 5.10 Å². The number of halogens is 1. The number of anilines is 1. The minimum Gasteiger partial charge on any atom is -0.497 e. The van der Waals surface area contributed by atoms with Gasteiger partial charge in [0.25, 0.3) is 15.9 Å². The second-order valence-corrected chi connectivity index (χ2v) is 9.67. The Balaban J connectivity index is 1.86. The lowest BCUT2D eigenvalue weighted by atomic mass is 10.3. The van der Waals surface area contributed by atoms with Crippen LogP contribution in [0.15, 0.2) is 70.0 Å². The van der Waals surface area contributed by atoms with Gasteiger partial charge in [-0.2, -0.15) is 5.10 Å². The first kappa shape index (κ1) is 22.8. The standard InChI is InChI=1S/C21H20ClN3O4S2/c1-15-10-11-30-20(15)13-23-24-21(26)14-25(17-5-3-4-16(22)12-17)31(27,28)19-8-6-18(29-2)7-9-19/h3-13H,14H2,1-2H3,(H,24,26)/b23-13-. The molecule has 31 heavy (non-hydrogen) atoms. The highest BCUT2D eigenvalue weighted by molar-refractivity contribution is 7.92. The Kier molecular flexibility index (Phi) is 7.32. The Labute approximate surface area is 190 Å². The number of carbonyl (C=O) groups excluding carboxylic acids is 1. The maximum absolute atomic E-state index is 13.3. The predicted molar refractivity (Wildman–Crippen MR) is 124 cm³/mol. The number of nitrogens with zero attached hydrogens (tertiary/aromatic N) is 2. The van der Waals surface area contributed by atoms with Gasteiger partial charge in [-0.05, 0) is 66.4 Å². The number of hydrogen-bond acceptors (Lipinski definition) is 6. The zero-order valence-corrected chi connectivity index (χ0v) is 19.2. The Morgan fingerprint density at radius 3 is 2.58 bits per heavy atom. The molecule has 1 heterocycles. The Morgan fingerprint density at radius 2 is 1.97 bits per heavy atom. The molecule has 1 aromatic heterocycles. The zero-order valence-electron chi connectivity index (χ0n) is 16.8. The van der Waals surface area contributed by atoms with Gasteiger partial charge in [0.05, 0.1) is 23.9 Å². The summed E-state index contributed by atoms with van der Waals surface area (Å²) >= 11 is 7.54. The van der Waals surface area contributed by atoms with Crippen LogP contribution in [0, 0.1) is 6.92 Å². The molecule has 0 saturated heterocycles. The number of hydrazone groups is 1. The van der Waals surface area contributed by atoms with Crippen molar-refractivity contribution in [3.8, 4) is 5.75 Å². The molecule has 0 bridgehead atoms. The summed E-state index contributed by atoms with van der Waals surface area (Å²) in [7, 11) is -2.57. The van der Waals surface area contributed by atoms with E-state index < -0.39 is 22.5 Å². The fourth-order valence-corrected chi connectivity index (χ4v) is 5.05. The van der Waals surface area contributed by atoms with E-state index >= 15 is 0 Å². The predicted octanol–water partition coefficient (Wildman–Crippen LogP) is 4.06. The number of sulfonamides is 1. The van der Waals surface area contributed by atoms with Crippen LogP contribution in [-0.2, 0) is 14.8 Å². The van der Waals surface area contributed by atoms with Gasteiger partial charge in [-0.1, -0.05) is 17.7 Å². The van der Waals surface area contributed by atoms with Crippen molar-refractivity contribution in [2.75, 3.05) is 18.0 Å². The number of nitrogens with one attached hydrogen (secondary N) is 1.